The number of aliphatic hydroxyl groups is 2. The van der Waals surface area contributed by atoms with Crippen molar-refractivity contribution in [2.24, 2.45) is 0 Å². The molecule has 0 spiro atoms. The van der Waals surface area contributed by atoms with Crippen molar-refractivity contribution in [3.8, 4) is 0 Å². The van der Waals surface area contributed by atoms with E-state index in [-0.39, 0.29) is 0 Å². The Bertz CT molecular complexity index is 882. The molecule has 2 N–H and O–H groups in total. The Morgan fingerprint density at radius 3 is 1.57 bits per heavy atom. The highest BCUT2D eigenvalue weighted by molar-refractivity contribution is 7.80. The smallest absolute Gasteiger partial charge is 0.151 e. The Labute approximate surface area is 167 Å². The predicted molar refractivity (Wildman–Crippen MR) is 116 cm³/mol. The van der Waals surface area contributed by atoms with Gasteiger partial charge in [0.05, 0.1) is 17.4 Å². The first kappa shape index (κ1) is 20.5. The van der Waals surface area contributed by atoms with E-state index < -0.39 is 24.5 Å². The molecule has 0 aliphatic carbocycles. The van der Waals surface area contributed by atoms with Gasteiger partial charge >= 0.3 is 0 Å². The van der Waals surface area contributed by atoms with Gasteiger partial charge in [-0.1, -0.05) is 91.0 Å². The number of hydrogen-bond donors (Lipinski definition) is 2. The molecule has 0 saturated carbocycles. The van der Waals surface area contributed by atoms with Gasteiger partial charge in [0.1, 0.15) is 0 Å². The van der Waals surface area contributed by atoms with Crippen LogP contribution in [0.2, 0.25) is 0 Å². The SMILES string of the molecule is C[C@@H](O)[C@H](O)[C@](C)(Cc1ccccc1)P(=O)(c1ccccc1)c1ccccc1. The van der Waals surface area contributed by atoms with E-state index in [9.17, 15) is 14.8 Å². The lowest BCUT2D eigenvalue weighted by Crippen LogP contribution is -2.51. The van der Waals surface area contributed by atoms with E-state index in [0.29, 0.717) is 17.0 Å². The van der Waals surface area contributed by atoms with Crippen LogP contribution in [-0.4, -0.2) is 27.6 Å². The molecule has 146 valence electrons. The van der Waals surface area contributed by atoms with Crippen LogP contribution in [0.25, 0.3) is 0 Å². The molecule has 0 fully saturated rings. The van der Waals surface area contributed by atoms with E-state index in [2.05, 4.69) is 0 Å². The summed E-state index contributed by atoms with van der Waals surface area (Å²) in [6, 6.07) is 28.4. The Morgan fingerprint density at radius 1 is 0.786 bits per heavy atom. The Balaban J connectivity index is 2.27. The fourth-order valence-electron chi connectivity index (χ4n) is 3.95. The second-order valence-electron chi connectivity index (χ2n) is 7.49. The van der Waals surface area contributed by atoms with E-state index in [4.69, 9.17) is 0 Å². The maximum atomic E-state index is 14.9. The quantitative estimate of drug-likeness (QED) is 0.600. The van der Waals surface area contributed by atoms with Crippen molar-refractivity contribution in [2.45, 2.75) is 37.6 Å². The normalized spacial score (nSPS) is 16.1. The Kier molecular flexibility index (Phi) is 6.20. The van der Waals surface area contributed by atoms with Crippen LogP contribution >= 0.6 is 7.14 Å². The van der Waals surface area contributed by atoms with E-state index in [1.54, 1.807) is 6.92 Å². The van der Waals surface area contributed by atoms with E-state index in [1.807, 2.05) is 97.9 Å². The zero-order chi connectivity index (χ0) is 20.2. The van der Waals surface area contributed by atoms with Gasteiger partial charge in [-0.05, 0) is 25.8 Å². The molecule has 4 heteroatoms. The molecule has 0 aromatic heterocycles. The molecule has 3 rings (SSSR count). The summed E-state index contributed by atoms with van der Waals surface area (Å²) in [6.45, 7) is 3.38. The topological polar surface area (TPSA) is 57.5 Å². The van der Waals surface area contributed by atoms with Crippen LogP contribution in [0.3, 0.4) is 0 Å². The van der Waals surface area contributed by atoms with Crippen molar-refractivity contribution in [3.05, 3.63) is 96.6 Å². The number of benzene rings is 3. The van der Waals surface area contributed by atoms with Crippen LogP contribution in [-0.2, 0) is 11.0 Å². The van der Waals surface area contributed by atoms with Crippen molar-refractivity contribution in [1.82, 2.24) is 0 Å². The lowest BCUT2D eigenvalue weighted by molar-refractivity contribution is 0.00680. The Morgan fingerprint density at radius 2 is 1.18 bits per heavy atom. The van der Waals surface area contributed by atoms with E-state index in [1.165, 1.54) is 0 Å². The lowest BCUT2D eigenvalue weighted by Gasteiger charge is -2.43. The first-order valence-corrected chi connectivity index (χ1v) is 11.2. The average molecular weight is 394 g/mol. The number of rotatable bonds is 7. The summed E-state index contributed by atoms with van der Waals surface area (Å²) in [4.78, 5) is 0. The van der Waals surface area contributed by atoms with Crippen LogP contribution < -0.4 is 10.6 Å². The van der Waals surface area contributed by atoms with Gasteiger partial charge in [-0.3, -0.25) is 0 Å². The molecule has 0 aliphatic rings. The first-order chi connectivity index (χ1) is 13.4. The molecular weight excluding hydrogens is 367 g/mol. The summed E-state index contributed by atoms with van der Waals surface area (Å²) in [5.41, 5.74) is 0.969. The zero-order valence-electron chi connectivity index (χ0n) is 16.3. The van der Waals surface area contributed by atoms with Crippen LogP contribution in [0.1, 0.15) is 19.4 Å². The van der Waals surface area contributed by atoms with Gasteiger partial charge in [-0.2, -0.15) is 0 Å². The fraction of sp³-hybridized carbons (Fsp3) is 0.250. The number of hydrogen-bond acceptors (Lipinski definition) is 3. The van der Waals surface area contributed by atoms with E-state index in [0.717, 1.165) is 5.56 Å². The third-order valence-electron chi connectivity index (χ3n) is 5.46. The van der Waals surface area contributed by atoms with Gasteiger partial charge in [0.2, 0.25) is 0 Å². The third-order valence-corrected chi connectivity index (χ3v) is 9.37. The van der Waals surface area contributed by atoms with Crippen molar-refractivity contribution >= 4 is 17.8 Å². The largest absolute Gasteiger partial charge is 0.391 e. The highest BCUT2D eigenvalue weighted by Crippen LogP contribution is 2.59. The van der Waals surface area contributed by atoms with Gasteiger partial charge in [-0.25, -0.2) is 0 Å². The van der Waals surface area contributed by atoms with Crippen molar-refractivity contribution in [3.63, 3.8) is 0 Å². The minimum Gasteiger partial charge on any atom is -0.391 e. The maximum absolute atomic E-state index is 14.9. The van der Waals surface area contributed by atoms with Crippen LogP contribution in [0.15, 0.2) is 91.0 Å². The second kappa shape index (κ2) is 8.45. The standard InChI is InChI=1S/C24H27O3P/c1-19(25)23(26)24(2,18-20-12-6-3-7-13-20)28(27,21-14-8-4-9-15-21)22-16-10-5-11-17-22/h3-17,19,23,25-26H,18H2,1-2H3/t19-,23+,24+/m1/s1. The molecule has 28 heavy (non-hydrogen) atoms. The summed E-state index contributed by atoms with van der Waals surface area (Å²) in [7, 11) is -3.33. The first-order valence-electron chi connectivity index (χ1n) is 9.51. The molecule has 3 atom stereocenters. The second-order valence-corrected chi connectivity index (χ2v) is 10.8. The molecule has 0 heterocycles. The van der Waals surface area contributed by atoms with Crippen LogP contribution in [0.5, 0.6) is 0 Å². The van der Waals surface area contributed by atoms with Gasteiger partial charge in [-0.15, -0.1) is 0 Å². The number of aliphatic hydroxyl groups excluding tert-OH is 2. The molecule has 0 saturated heterocycles. The summed E-state index contributed by atoms with van der Waals surface area (Å²) >= 11 is 0. The van der Waals surface area contributed by atoms with E-state index >= 15 is 0 Å². The molecule has 3 aromatic carbocycles. The Hall–Kier alpha value is -2.19. The zero-order valence-corrected chi connectivity index (χ0v) is 17.2. The minimum atomic E-state index is -3.33. The lowest BCUT2D eigenvalue weighted by atomic mass is 9.92. The molecule has 0 unspecified atom stereocenters. The predicted octanol–water partition coefficient (Wildman–Crippen LogP) is 3.74. The molecule has 0 bridgehead atoms. The van der Waals surface area contributed by atoms with Crippen molar-refractivity contribution in [1.29, 1.82) is 0 Å². The van der Waals surface area contributed by atoms with Crippen LogP contribution in [0, 0.1) is 0 Å². The molecule has 0 amide bonds. The summed E-state index contributed by atoms with van der Waals surface area (Å²) in [5, 5.41) is 21.7. The third kappa shape index (κ3) is 3.71. The van der Waals surface area contributed by atoms with Gasteiger partial charge < -0.3 is 14.8 Å². The molecular formula is C24H27O3P. The maximum Gasteiger partial charge on any atom is 0.151 e. The van der Waals surface area contributed by atoms with Crippen molar-refractivity contribution in [2.75, 3.05) is 0 Å². The highest BCUT2D eigenvalue weighted by atomic mass is 31.2. The molecule has 3 aromatic rings. The average Bonchev–Trinajstić information content (AvgIpc) is 2.74. The molecule has 3 nitrogen and oxygen atoms in total. The highest BCUT2D eigenvalue weighted by Gasteiger charge is 2.52. The van der Waals surface area contributed by atoms with Gasteiger partial charge in [0, 0.05) is 10.6 Å². The summed E-state index contributed by atoms with van der Waals surface area (Å²) in [5.74, 6) is 0. The monoisotopic (exact) mass is 394 g/mol. The van der Waals surface area contributed by atoms with Gasteiger partial charge in [0.15, 0.2) is 7.14 Å². The van der Waals surface area contributed by atoms with Crippen LogP contribution in [0.4, 0.5) is 0 Å². The van der Waals surface area contributed by atoms with Crippen molar-refractivity contribution < 1.29 is 14.8 Å². The molecule has 0 aliphatic heterocycles. The fourth-order valence-corrected chi connectivity index (χ4v) is 7.60. The summed E-state index contributed by atoms with van der Waals surface area (Å²) in [6.07, 6.45) is -1.81. The minimum absolute atomic E-state index is 0.376. The van der Waals surface area contributed by atoms with Gasteiger partial charge in [0.25, 0.3) is 0 Å². The summed E-state index contributed by atoms with van der Waals surface area (Å²) < 4.78 is 14.9. The molecule has 0 radical (unpaired) electrons.